The fourth-order valence-electron chi connectivity index (χ4n) is 1.06. The van der Waals surface area contributed by atoms with Crippen molar-refractivity contribution >= 4 is 11.4 Å². The van der Waals surface area contributed by atoms with Gasteiger partial charge in [-0.05, 0) is 6.07 Å². The van der Waals surface area contributed by atoms with Gasteiger partial charge in [0.1, 0.15) is 11.6 Å². The largest absolute Gasteiger partial charge is 0.490 e. The molecule has 1 aromatic carbocycles. The topological polar surface area (TPSA) is 102 Å². The maximum atomic E-state index is 10.6. The average molecular weight is 193 g/mol. The quantitative estimate of drug-likeness (QED) is 0.429. The van der Waals surface area contributed by atoms with Gasteiger partial charge in [-0.15, -0.1) is 0 Å². The number of nitro groups is 1. The van der Waals surface area contributed by atoms with E-state index in [1.807, 2.05) is 0 Å². The van der Waals surface area contributed by atoms with Gasteiger partial charge in [0, 0.05) is 11.8 Å². The van der Waals surface area contributed by atoms with Crippen LogP contribution in [-0.2, 0) is 0 Å². The van der Waals surface area contributed by atoms with Crippen molar-refractivity contribution in [3.63, 3.8) is 0 Å². The number of hydrogen-bond donors (Lipinski definition) is 1. The zero-order valence-corrected chi connectivity index (χ0v) is 7.35. The first-order valence-electron chi connectivity index (χ1n) is 3.62. The van der Waals surface area contributed by atoms with E-state index >= 15 is 0 Å². The number of methoxy groups -OCH3 is 1. The number of benzene rings is 1. The molecule has 6 nitrogen and oxygen atoms in total. The van der Waals surface area contributed by atoms with Gasteiger partial charge in [-0.2, -0.15) is 5.26 Å². The Hall–Kier alpha value is -2.29. The van der Waals surface area contributed by atoms with E-state index in [1.165, 1.54) is 19.2 Å². The lowest BCUT2D eigenvalue weighted by Crippen LogP contribution is -1.98. The second-order valence-corrected chi connectivity index (χ2v) is 2.49. The minimum atomic E-state index is -0.670. The van der Waals surface area contributed by atoms with Gasteiger partial charge < -0.3 is 10.5 Å². The van der Waals surface area contributed by atoms with Crippen LogP contribution in [0.25, 0.3) is 0 Å². The standard InChI is InChI=1S/C8H7N3O3/c1-14-7-3-6(10)2-5(4-9)8(7)11(12)13/h2-3H,10H2,1H3. The molecule has 0 spiro atoms. The minimum Gasteiger partial charge on any atom is -0.490 e. The normalized spacial score (nSPS) is 9.14. The van der Waals surface area contributed by atoms with Gasteiger partial charge in [-0.1, -0.05) is 0 Å². The highest BCUT2D eigenvalue weighted by Crippen LogP contribution is 2.32. The molecular formula is C8H7N3O3. The minimum absolute atomic E-state index is 0.00782. The number of rotatable bonds is 2. The van der Waals surface area contributed by atoms with Crippen molar-refractivity contribution in [1.29, 1.82) is 5.26 Å². The SMILES string of the molecule is COc1cc(N)cc(C#N)c1[N+](=O)[O-]. The predicted molar refractivity (Wildman–Crippen MR) is 48.8 cm³/mol. The van der Waals surface area contributed by atoms with Crippen molar-refractivity contribution < 1.29 is 9.66 Å². The summed E-state index contributed by atoms with van der Waals surface area (Å²) < 4.78 is 4.76. The van der Waals surface area contributed by atoms with Crippen LogP contribution in [0.4, 0.5) is 11.4 Å². The Morgan fingerprint density at radius 2 is 2.29 bits per heavy atom. The van der Waals surface area contributed by atoms with E-state index in [0.29, 0.717) is 0 Å². The molecule has 0 aromatic heterocycles. The van der Waals surface area contributed by atoms with Crippen LogP contribution in [0.5, 0.6) is 5.75 Å². The smallest absolute Gasteiger partial charge is 0.328 e. The van der Waals surface area contributed by atoms with Crippen LogP contribution in [0.15, 0.2) is 12.1 Å². The lowest BCUT2D eigenvalue weighted by Gasteiger charge is -2.03. The Bertz CT molecular complexity index is 423. The molecule has 0 atom stereocenters. The summed E-state index contributed by atoms with van der Waals surface area (Å²) in [5.41, 5.74) is 5.22. The molecule has 14 heavy (non-hydrogen) atoms. The number of nitriles is 1. The van der Waals surface area contributed by atoms with Gasteiger partial charge in [-0.3, -0.25) is 10.1 Å². The van der Waals surface area contributed by atoms with Crippen LogP contribution < -0.4 is 10.5 Å². The van der Waals surface area contributed by atoms with E-state index in [1.54, 1.807) is 6.07 Å². The summed E-state index contributed by atoms with van der Waals surface area (Å²) >= 11 is 0. The summed E-state index contributed by atoms with van der Waals surface area (Å²) in [5, 5.41) is 19.3. The Morgan fingerprint density at radius 1 is 1.64 bits per heavy atom. The highest BCUT2D eigenvalue weighted by atomic mass is 16.6. The third-order valence-corrected chi connectivity index (χ3v) is 1.62. The molecule has 0 fully saturated rings. The zero-order valence-electron chi connectivity index (χ0n) is 7.35. The highest BCUT2D eigenvalue weighted by Gasteiger charge is 2.21. The van der Waals surface area contributed by atoms with Crippen molar-refractivity contribution in [2.45, 2.75) is 0 Å². The van der Waals surface area contributed by atoms with Gasteiger partial charge in [-0.25, -0.2) is 0 Å². The Labute approximate surface area is 79.7 Å². The number of nitro benzene ring substituents is 1. The second-order valence-electron chi connectivity index (χ2n) is 2.49. The van der Waals surface area contributed by atoms with Crippen molar-refractivity contribution in [2.75, 3.05) is 12.8 Å². The summed E-state index contributed by atoms with van der Waals surface area (Å²) in [6.07, 6.45) is 0. The predicted octanol–water partition coefficient (Wildman–Crippen LogP) is 1.06. The maximum Gasteiger partial charge on any atom is 0.328 e. The van der Waals surface area contributed by atoms with Crippen LogP contribution in [-0.4, -0.2) is 12.0 Å². The van der Waals surface area contributed by atoms with Crippen LogP contribution in [0.2, 0.25) is 0 Å². The van der Waals surface area contributed by atoms with E-state index in [0.717, 1.165) is 0 Å². The van der Waals surface area contributed by atoms with E-state index in [2.05, 4.69) is 0 Å². The number of anilines is 1. The van der Waals surface area contributed by atoms with Crippen molar-refractivity contribution in [1.82, 2.24) is 0 Å². The lowest BCUT2D eigenvalue weighted by molar-refractivity contribution is -0.386. The molecule has 1 rings (SSSR count). The zero-order chi connectivity index (χ0) is 10.7. The van der Waals surface area contributed by atoms with E-state index in [-0.39, 0.29) is 22.7 Å². The van der Waals surface area contributed by atoms with Gasteiger partial charge >= 0.3 is 5.69 Å². The molecular weight excluding hydrogens is 186 g/mol. The van der Waals surface area contributed by atoms with Gasteiger partial charge in [0.2, 0.25) is 0 Å². The van der Waals surface area contributed by atoms with Gasteiger partial charge in [0.25, 0.3) is 0 Å². The lowest BCUT2D eigenvalue weighted by atomic mass is 10.1. The van der Waals surface area contributed by atoms with Crippen LogP contribution in [0.3, 0.4) is 0 Å². The van der Waals surface area contributed by atoms with Crippen LogP contribution in [0.1, 0.15) is 5.56 Å². The van der Waals surface area contributed by atoms with Gasteiger partial charge in [0.05, 0.1) is 12.0 Å². The number of nitrogens with zero attached hydrogens (tertiary/aromatic N) is 2. The molecule has 0 saturated carbocycles. The fraction of sp³-hybridized carbons (Fsp3) is 0.125. The third kappa shape index (κ3) is 1.56. The first-order chi connectivity index (χ1) is 6.60. The molecule has 0 heterocycles. The molecule has 0 aliphatic carbocycles. The molecule has 1 aromatic rings. The third-order valence-electron chi connectivity index (χ3n) is 1.62. The molecule has 6 heteroatoms. The second kappa shape index (κ2) is 3.62. The molecule has 0 saturated heterocycles. The monoisotopic (exact) mass is 193 g/mol. The number of hydrogen-bond acceptors (Lipinski definition) is 5. The van der Waals surface area contributed by atoms with Crippen molar-refractivity contribution in [3.8, 4) is 11.8 Å². The highest BCUT2D eigenvalue weighted by molar-refractivity contribution is 5.65. The molecule has 0 radical (unpaired) electrons. The Kier molecular flexibility index (Phi) is 2.53. The molecule has 0 unspecified atom stereocenters. The summed E-state index contributed by atoms with van der Waals surface area (Å²) in [6.45, 7) is 0. The summed E-state index contributed by atoms with van der Waals surface area (Å²) in [4.78, 5) is 9.94. The van der Waals surface area contributed by atoms with E-state index < -0.39 is 4.92 Å². The maximum absolute atomic E-state index is 10.6. The van der Waals surface area contributed by atoms with E-state index in [9.17, 15) is 10.1 Å². The first-order valence-corrected chi connectivity index (χ1v) is 3.62. The number of nitrogens with two attached hydrogens (primary N) is 1. The number of nitrogen functional groups attached to an aromatic ring is 1. The molecule has 2 N–H and O–H groups in total. The first kappa shape index (κ1) is 9.80. The molecule has 0 amide bonds. The Morgan fingerprint density at radius 3 is 2.71 bits per heavy atom. The van der Waals surface area contributed by atoms with Crippen molar-refractivity contribution in [3.05, 3.63) is 27.8 Å². The molecule has 0 aliphatic heterocycles. The van der Waals surface area contributed by atoms with Gasteiger partial charge in [0.15, 0.2) is 5.75 Å². The molecule has 0 aliphatic rings. The fourth-order valence-corrected chi connectivity index (χ4v) is 1.06. The molecule has 72 valence electrons. The van der Waals surface area contributed by atoms with E-state index in [4.69, 9.17) is 15.7 Å². The summed E-state index contributed by atoms with van der Waals surface area (Å²) in [6, 6.07) is 4.23. The summed E-state index contributed by atoms with van der Waals surface area (Å²) in [7, 11) is 1.28. The van der Waals surface area contributed by atoms with Crippen molar-refractivity contribution in [2.24, 2.45) is 0 Å². The van der Waals surface area contributed by atoms with Crippen LogP contribution in [0, 0.1) is 21.4 Å². The van der Waals surface area contributed by atoms with Crippen LogP contribution >= 0.6 is 0 Å². The number of ether oxygens (including phenoxy) is 1. The molecule has 0 bridgehead atoms. The Balaban J connectivity index is 3.50. The average Bonchev–Trinajstić information content (AvgIpc) is 2.15. The summed E-state index contributed by atoms with van der Waals surface area (Å²) in [5.74, 6) is -0.00782.